The van der Waals surface area contributed by atoms with E-state index in [0.717, 1.165) is 12.8 Å². The maximum absolute atomic E-state index is 10.0. The molecule has 0 aromatic heterocycles. The topological polar surface area (TPSA) is 20.2 Å². The Morgan fingerprint density at radius 2 is 2.21 bits per heavy atom. The second kappa shape index (κ2) is 2.73. The predicted octanol–water partition coefficient (Wildman–Crippen LogP) is 2.92. The lowest BCUT2D eigenvalue weighted by Gasteiger charge is -2.35. The van der Waals surface area contributed by atoms with E-state index in [1.807, 2.05) is 6.08 Å². The molecule has 0 heterocycles. The minimum Gasteiger partial charge on any atom is -0.392 e. The third-order valence-corrected chi connectivity index (χ3v) is 4.72. The lowest BCUT2D eigenvalue weighted by molar-refractivity contribution is 0.0482. The molecule has 1 saturated carbocycles. The first-order valence-corrected chi connectivity index (χ1v) is 5.44. The average molecular weight is 192 g/mol. The van der Waals surface area contributed by atoms with Crippen molar-refractivity contribution in [3.05, 3.63) is 24.3 Å². The molecule has 0 radical (unpaired) electrons. The molecule has 3 unspecified atom stereocenters. The number of aliphatic hydroxyl groups is 1. The van der Waals surface area contributed by atoms with Crippen LogP contribution in [0.5, 0.6) is 0 Å². The smallest absolute Gasteiger partial charge is 0.0639 e. The SMILES string of the molecule is C=CCC1=CC2(C)C(O)CC1C2(C)C. The van der Waals surface area contributed by atoms with Crippen LogP contribution in [0.4, 0.5) is 0 Å². The van der Waals surface area contributed by atoms with E-state index in [1.165, 1.54) is 5.57 Å². The molecule has 3 atom stereocenters. The van der Waals surface area contributed by atoms with Crippen LogP contribution in [0.3, 0.4) is 0 Å². The largest absolute Gasteiger partial charge is 0.392 e. The van der Waals surface area contributed by atoms with Crippen molar-refractivity contribution in [2.75, 3.05) is 0 Å². The molecular weight excluding hydrogens is 172 g/mol. The molecule has 0 aromatic rings. The fourth-order valence-corrected chi connectivity index (χ4v) is 3.32. The molecule has 0 spiro atoms. The fraction of sp³-hybridized carbons (Fsp3) is 0.692. The van der Waals surface area contributed by atoms with Crippen molar-refractivity contribution in [1.29, 1.82) is 0 Å². The van der Waals surface area contributed by atoms with Crippen LogP contribution >= 0.6 is 0 Å². The maximum atomic E-state index is 10.0. The van der Waals surface area contributed by atoms with Crippen LogP contribution in [-0.2, 0) is 0 Å². The van der Waals surface area contributed by atoms with Gasteiger partial charge in [0.05, 0.1) is 6.10 Å². The predicted molar refractivity (Wildman–Crippen MR) is 58.9 cm³/mol. The molecule has 1 fully saturated rings. The Kier molecular flexibility index (Phi) is 1.94. The summed E-state index contributed by atoms with van der Waals surface area (Å²) in [7, 11) is 0. The fourth-order valence-electron chi connectivity index (χ4n) is 3.32. The summed E-state index contributed by atoms with van der Waals surface area (Å²) in [5.74, 6) is 0.556. The summed E-state index contributed by atoms with van der Waals surface area (Å²) < 4.78 is 0. The minimum atomic E-state index is -0.156. The highest BCUT2D eigenvalue weighted by molar-refractivity contribution is 5.34. The highest BCUT2D eigenvalue weighted by Crippen LogP contribution is 2.64. The van der Waals surface area contributed by atoms with Gasteiger partial charge in [-0.2, -0.15) is 0 Å². The highest BCUT2D eigenvalue weighted by atomic mass is 16.3. The molecule has 0 aliphatic heterocycles. The zero-order valence-corrected chi connectivity index (χ0v) is 9.38. The third kappa shape index (κ3) is 0.939. The van der Waals surface area contributed by atoms with Crippen molar-refractivity contribution in [2.24, 2.45) is 16.7 Å². The van der Waals surface area contributed by atoms with E-state index < -0.39 is 0 Å². The van der Waals surface area contributed by atoms with Gasteiger partial charge in [-0.25, -0.2) is 0 Å². The molecule has 1 heteroatoms. The molecule has 14 heavy (non-hydrogen) atoms. The molecule has 2 aliphatic rings. The third-order valence-electron chi connectivity index (χ3n) is 4.72. The number of rotatable bonds is 2. The number of aliphatic hydroxyl groups excluding tert-OH is 1. The van der Waals surface area contributed by atoms with E-state index in [-0.39, 0.29) is 16.9 Å². The van der Waals surface area contributed by atoms with Crippen LogP contribution < -0.4 is 0 Å². The van der Waals surface area contributed by atoms with Crippen LogP contribution in [0.15, 0.2) is 24.3 Å². The van der Waals surface area contributed by atoms with Gasteiger partial charge in [0.15, 0.2) is 0 Å². The van der Waals surface area contributed by atoms with E-state index >= 15 is 0 Å². The van der Waals surface area contributed by atoms with Gasteiger partial charge in [-0.05, 0) is 24.2 Å². The van der Waals surface area contributed by atoms with Crippen LogP contribution in [-0.4, -0.2) is 11.2 Å². The maximum Gasteiger partial charge on any atom is 0.0639 e. The number of fused-ring (bicyclic) bond motifs is 2. The first kappa shape index (κ1) is 9.97. The Labute approximate surface area is 86.5 Å². The number of hydrogen-bond acceptors (Lipinski definition) is 1. The second-order valence-electron chi connectivity index (χ2n) is 5.52. The zero-order valence-electron chi connectivity index (χ0n) is 9.38. The molecule has 1 N–H and O–H groups in total. The van der Waals surface area contributed by atoms with E-state index in [0.29, 0.717) is 5.92 Å². The van der Waals surface area contributed by atoms with Crippen molar-refractivity contribution in [2.45, 2.75) is 39.7 Å². The monoisotopic (exact) mass is 192 g/mol. The van der Waals surface area contributed by atoms with Gasteiger partial charge in [-0.3, -0.25) is 0 Å². The second-order valence-corrected chi connectivity index (χ2v) is 5.52. The molecule has 2 rings (SSSR count). The van der Waals surface area contributed by atoms with Crippen molar-refractivity contribution in [3.8, 4) is 0 Å². The molecule has 1 nitrogen and oxygen atoms in total. The van der Waals surface area contributed by atoms with Gasteiger partial charge in [0.1, 0.15) is 0 Å². The molecule has 2 aliphatic carbocycles. The first-order valence-electron chi connectivity index (χ1n) is 5.44. The molecule has 0 aromatic carbocycles. The Morgan fingerprint density at radius 3 is 2.57 bits per heavy atom. The van der Waals surface area contributed by atoms with Crippen molar-refractivity contribution in [1.82, 2.24) is 0 Å². The minimum absolute atomic E-state index is 0.0178. The van der Waals surface area contributed by atoms with Crippen molar-refractivity contribution >= 4 is 0 Å². The molecule has 78 valence electrons. The normalized spacial score (nSPS) is 43.9. The van der Waals surface area contributed by atoms with Gasteiger partial charge in [-0.1, -0.05) is 38.5 Å². The van der Waals surface area contributed by atoms with Gasteiger partial charge in [0.2, 0.25) is 0 Å². The first-order chi connectivity index (χ1) is 6.43. The van der Waals surface area contributed by atoms with Gasteiger partial charge in [-0.15, -0.1) is 6.58 Å². The van der Waals surface area contributed by atoms with Crippen LogP contribution in [0, 0.1) is 16.7 Å². The Bertz CT molecular complexity index is 300. The summed E-state index contributed by atoms with van der Waals surface area (Å²) >= 11 is 0. The Morgan fingerprint density at radius 1 is 1.57 bits per heavy atom. The van der Waals surface area contributed by atoms with Gasteiger partial charge >= 0.3 is 0 Å². The summed E-state index contributed by atoms with van der Waals surface area (Å²) in [6, 6.07) is 0. The van der Waals surface area contributed by atoms with E-state index in [2.05, 4.69) is 33.4 Å². The summed E-state index contributed by atoms with van der Waals surface area (Å²) in [5.41, 5.74) is 1.68. The summed E-state index contributed by atoms with van der Waals surface area (Å²) in [6.45, 7) is 10.5. The van der Waals surface area contributed by atoms with Crippen LogP contribution in [0.25, 0.3) is 0 Å². The quantitative estimate of drug-likeness (QED) is 0.667. The molecule has 0 amide bonds. The van der Waals surface area contributed by atoms with Crippen molar-refractivity contribution in [3.63, 3.8) is 0 Å². The summed E-state index contributed by atoms with van der Waals surface area (Å²) in [6.07, 6.45) is 6.03. The highest BCUT2D eigenvalue weighted by Gasteiger charge is 2.60. The van der Waals surface area contributed by atoms with Crippen molar-refractivity contribution < 1.29 is 5.11 Å². The summed E-state index contributed by atoms with van der Waals surface area (Å²) in [5, 5.41) is 10.0. The van der Waals surface area contributed by atoms with E-state index in [1.54, 1.807) is 0 Å². The summed E-state index contributed by atoms with van der Waals surface area (Å²) in [4.78, 5) is 0. The van der Waals surface area contributed by atoms with E-state index in [9.17, 15) is 5.11 Å². The number of hydrogen-bond donors (Lipinski definition) is 1. The van der Waals surface area contributed by atoms with Crippen LogP contribution in [0.2, 0.25) is 0 Å². The van der Waals surface area contributed by atoms with Gasteiger partial charge in [0.25, 0.3) is 0 Å². The lowest BCUT2D eigenvalue weighted by atomic mass is 9.69. The Hall–Kier alpha value is -0.560. The zero-order chi connectivity index (χ0) is 10.6. The standard InChI is InChI=1S/C13H20O/c1-5-6-9-8-13(4)11(14)7-10(9)12(13,2)3/h5,8,10-11,14H,1,6-7H2,2-4H3. The molecular formula is C13H20O. The van der Waals surface area contributed by atoms with Gasteiger partial charge < -0.3 is 5.11 Å². The number of allylic oxidation sites excluding steroid dienone is 2. The van der Waals surface area contributed by atoms with E-state index in [4.69, 9.17) is 0 Å². The van der Waals surface area contributed by atoms with Crippen LogP contribution in [0.1, 0.15) is 33.6 Å². The molecule has 2 bridgehead atoms. The lowest BCUT2D eigenvalue weighted by Crippen LogP contribution is -2.34. The Balaban J connectivity index is 2.40. The average Bonchev–Trinajstić information content (AvgIpc) is 2.36. The van der Waals surface area contributed by atoms with Gasteiger partial charge in [0, 0.05) is 5.41 Å². The molecule has 0 saturated heterocycles.